The number of nitrogens with one attached hydrogen (secondary N) is 2. The standard InChI is InChI=1S/C16H15ClN4O2/c17-12-7-5-10(6-8-12)15(22)20-14(16(23)21-19)9-11-3-1-2-4-13(11)18/h1-9H,18-19H2,(H,20,22)(H,21,23)/b14-9-. The summed E-state index contributed by atoms with van der Waals surface area (Å²) in [6, 6.07) is 13.2. The summed E-state index contributed by atoms with van der Waals surface area (Å²) in [6.07, 6.45) is 1.45. The predicted octanol–water partition coefficient (Wildman–Crippen LogP) is 1.68. The number of nitrogens with two attached hydrogens (primary N) is 2. The number of halogens is 1. The number of hydrogen-bond donors (Lipinski definition) is 4. The number of carbonyl (C=O) groups excluding carboxylic acids is 2. The van der Waals surface area contributed by atoms with E-state index in [0.29, 0.717) is 21.8 Å². The average Bonchev–Trinajstić information content (AvgIpc) is 2.56. The van der Waals surface area contributed by atoms with Crippen molar-refractivity contribution in [1.82, 2.24) is 10.7 Å². The van der Waals surface area contributed by atoms with Gasteiger partial charge < -0.3 is 11.1 Å². The number of hydrogen-bond acceptors (Lipinski definition) is 4. The summed E-state index contributed by atoms with van der Waals surface area (Å²) in [5, 5.41) is 3.02. The molecule has 6 nitrogen and oxygen atoms in total. The summed E-state index contributed by atoms with van der Waals surface area (Å²) in [7, 11) is 0. The maximum Gasteiger partial charge on any atom is 0.281 e. The SMILES string of the molecule is NNC(=O)/C(=C/c1ccccc1N)NC(=O)c1ccc(Cl)cc1. The minimum Gasteiger partial charge on any atom is -0.398 e. The van der Waals surface area contributed by atoms with Crippen molar-refractivity contribution in [3.63, 3.8) is 0 Å². The smallest absolute Gasteiger partial charge is 0.281 e. The molecule has 0 bridgehead atoms. The lowest BCUT2D eigenvalue weighted by molar-refractivity contribution is -0.117. The first kappa shape index (κ1) is 16.5. The van der Waals surface area contributed by atoms with Crippen LogP contribution in [-0.4, -0.2) is 11.8 Å². The molecule has 0 radical (unpaired) electrons. The highest BCUT2D eigenvalue weighted by atomic mass is 35.5. The number of anilines is 1. The van der Waals surface area contributed by atoms with Gasteiger partial charge in [0.05, 0.1) is 0 Å². The molecule has 0 unspecified atom stereocenters. The van der Waals surface area contributed by atoms with E-state index < -0.39 is 11.8 Å². The van der Waals surface area contributed by atoms with Crippen LogP contribution in [0, 0.1) is 0 Å². The predicted molar refractivity (Wildman–Crippen MR) is 90.1 cm³/mol. The first-order valence-electron chi connectivity index (χ1n) is 6.65. The Morgan fingerprint density at radius 2 is 1.70 bits per heavy atom. The Labute approximate surface area is 138 Å². The van der Waals surface area contributed by atoms with E-state index in [2.05, 4.69) is 5.32 Å². The molecule has 0 atom stereocenters. The fourth-order valence-electron chi connectivity index (χ4n) is 1.83. The van der Waals surface area contributed by atoms with E-state index >= 15 is 0 Å². The van der Waals surface area contributed by atoms with Crippen LogP contribution in [0.25, 0.3) is 6.08 Å². The summed E-state index contributed by atoms with van der Waals surface area (Å²) in [5.74, 6) is 4.05. The molecule has 0 heterocycles. The van der Waals surface area contributed by atoms with Gasteiger partial charge in [-0.3, -0.25) is 15.0 Å². The molecule has 6 N–H and O–H groups in total. The van der Waals surface area contributed by atoms with Crippen LogP contribution in [0.5, 0.6) is 0 Å². The van der Waals surface area contributed by atoms with E-state index in [1.807, 2.05) is 5.43 Å². The summed E-state index contributed by atoms with van der Waals surface area (Å²) >= 11 is 5.78. The molecular formula is C16H15ClN4O2. The van der Waals surface area contributed by atoms with Gasteiger partial charge in [-0.2, -0.15) is 0 Å². The van der Waals surface area contributed by atoms with Crippen molar-refractivity contribution in [1.29, 1.82) is 0 Å². The van der Waals surface area contributed by atoms with E-state index in [1.165, 1.54) is 6.08 Å². The maximum absolute atomic E-state index is 12.2. The number of carbonyl (C=O) groups is 2. The van der Waals surface area contributed by atoms with Crippen LogP contribution in [-0.2, 0) is 4.79 Å². The van der Waals surface area contributed by atoms with Crippen LogP contribution in [0.15, 0.2) is 54.2 Å². The van der Waals surface area contributed by atoms with Gasteiger partial charge in [0.25, 0.3) is 11.8 Å². The largest absolute Gasteiger partial charge is 0.398 e. The normalized spacial score (nSPS) is 11.0. The third-order valence-corrected chi connectivity index (χ3v) is 3.28. The average molecular weight is 331 g/mol. The van der Waals surface area contributed by atoms with E-state index in [1.54, 1.807) is 48.5 Å². The molecule has 0 aliphatic rings. The minimum atomic E-state index is -0.643. The highest BCUT2D eigenvalue weighted by molar-refractivity contribution is 6.30. The lowest BCUT2D eigenvalue weighted by Crippen LogP contribution is -2.38. The third-order valence-electron chi connectivity index (χ3n) is 3.03. The Hall–Kier alpha value is -2.83. The van der Waals surface area contributed by atoms with Crippen LogP contribution in [0.3, 0.4) is 0 Å². The fraction of sp³-hybridized carbons (Fsp3) is 0. The van der Waals surface area contributed by atoms with Gasteiger partial charge in [0.1, 0.15) is 5.70 Å². The van der Waals surface area contributed by atoms with Gasteiger partial charge in [-0.05, 0) is 42.0 Å². The van der Waals surface area contributed by atoms with Crippen molar-refractivity contribution in [2.24, 2.45) is 5.84 Å². The highest BCUT2D eigenvalue weighted by Gasteiger charge is 2.14. The topological polar surface area (TPSA) is 110 Å². The van der Waals surface area contributed by atoms with E-state index in [-0.39, 0.29) is 5.70 Å². The van der Waals surface area contributed by atoms with E-state index in [0.717, 1.165) is 0 Å². The van der Waals surface area contributed by atoms with Gasteiger partial charge in [0, 0.05) is 16.3 Å². The van der Waals surface area contributed by atoms with Crippen molar-refractivity contribution in [2.75, 3.05) is 5.73 Å². The number of rotatable bonds is 4. The van der Waals surface area contributed by atoms with Gasteiger partial charge >= 0.3 is 0 Å². The van der Waals surface area contributed by atoms with Crippen molar-refractivity contribution in [3.05, 3.63) is 70.4 Å². The first-order valence-corrected chi connectivity index (χ1v) is 7.03. The zero-order chi connectivity index (χ0) is 16.8. The second-order valence-electron chi connectivity index (χ2n) is 4.62. The maximum atomic E-state index is 12.2. The van der Waals surface area contributed by atoms with Gasteiger partial charge in [0.15, 0.2) is 0 Å². The van der Waals surface area contributed by atoms with Crippen molar-refractivity contribution in [3.8, 4) is 0 Å². The molecule has 0 saturated heterocycles. The molecule has 0 aliphatic carbocycles. The van der Waals surface area contributed by atoms with Crippen molar-refractivity contribution in [2.45, 2.75) is 0 Å². The van der Waals surface area contributed by atoms with Crippen LogP contribution < -0.4 is 22.3 Å². The fourth-order valence-corrected chi connectivity index (χ4v) is 1.96. The zero-order valence-electron chi connectivity index (χ0n) is 12.0. The number of benzene rings is 2. The Kier molecular flexibility index (Phi) is 5.35. The molecule has 0 saturated carbocycles. The molecule has 2 rings (SSSR count). The molecule has 0 aliphatic heterocycles. The van der Waals surface area contributed by atoms with Gasteiger partial charge in [-0.15, -0.1) is 0 Å². The summed E-state index contributed by atoms with van der Waals surface area (Å²) < 4.78 is 0. The van der Waals surface area contributed by atoms with Crippen molar-refractivity contribution < 1.29 is 9.59 Å². The molecule has 0 fully saturated rings. The molecule has 2 amide bonds. The summed E-state index contributed by atoms with van der Waals surface area (Å²) in [4.78, 5) is 24.1. The molecule has 2 aromatic carbocycles. The highest BCUT2D eigenvalue weighted by Crippen LogP contribution is 2.15. The molecular weight excluding hydrogens is 316 g/mol. The van der Waals surface area contributed by atoms with Crippen LogP contribution in [0.1, 0.15) is 15.9 Å². The molecule has 7 heteroatoms. The lowest BCUT2D eigenvalue weighted by atomic mass is 10.1. The second-order valence-corrected chi connectivity index (χ2v) is 5.06. The van der Waals surface area contributed by atoms with Gasteiger partial charge in [-0.1, -0.05) is 29.8 Å². The van der Waals surface area contributed by atoms with Gasteiger partial charge in [0.2, 0.25) is 0 Å². The number of nitrogen functional groups attached to an aromatic ring is 1. The Balaban J connectivity index is 2.29. The second kappa shape index (κ2) is 7.44. The van der Waals surface area contributed by atoms with Crippen LogP contribution in [0.2, 0.25) is 5.02 Å². The molecule has 23 heavy (non-hydrogen) atoms. The van der Waals surface area contributed by atoms with Crippen molar-refractivity contribution >= 4 is 35.2 Å². The number of para-hydroxylation sites is 1. The van der Waals surface area contributed by atoms with Crippen LogP contribution in [0.4, 0.5) is 5.69 Å². The summed E-state index contributed by atoms with van der Waals surface area (Å²) in [6.45, 7) is 0. The van der Waals surface area contributed by atoms with E-state index in [9.17, 15) is 9.59 Å². The monoisotopic (exact) mass is 330 g/mol. The van der Waals surface area contributed by atoms with Gasteiger partial charge in [-0.25, -0.2) is 5.84 Å². The zero-order valence-corrected chi connectivity index (χ0v) is 12.8. The quantitative estimate of drug-likeness (QED) is 0.225. The summed E-state index contributed by atoms with van der Waals surface area (Å²) in [5.41, 5.74) is 9.20. The molecule has 0 spiro atoms. The molecule has 2 aromatic rings. The van der Waals surface area contributed by atoms with Crippen LogP contribution >= 0.6 is 11.6 Å². The lowest BCUT2D eigenvalue weighted by Gasteiger charge is -2.10. The molecule has 118 valence electrons. The Morgan fingerprint density at radius 3 is 2.30 bits per heavy atom. The number of hydrazine groups is 1. The minimum absolute atomic E-state index is 0.0228. The first-order chi connectivity index (χ1) is 11.0. The molecule has 0 aromatic heterocycles. The third kappa shape index (κ3) is 4.32. The van der Waals surface area contributed by atoms with E-state index in [4.69, 9.17) is 23.2 Å². The Bertz CT molecular complexity index is 757. The number of amides is 2. The Morgan fingerprint density at radius 1 is 1.04 bits per heavy atom.